The van der Waals surface area contributed by atoms with Gasteiger partial charge in [0.2, 0.25) is 17.5 Å². The zero-order chi connectivity index (χ0) is 42.4. The van der Waals surface area contributed by atoms with Crippen LogP contribution < -0.4 is 15.0 Å². The van der Waals surface area contributed by atoms with E-state index in [-0.39, 0.29) is 65.7 Å². The molecule has 1 N–H and O–H groups in total. The number of fused-ring (bicyclic) bond motifs is 2. The fourth-order valence-corrected chi connectivity index (χ4v) is 10.9. The summed E-state index contributed by atoms with van der Waals surface area (Å²) in [6, 6.07) is 9.23. The number of halogens is 2. The molecule has 308 valence electrons. The lowest BCUT2D eigenvalue weighted by Gasteiger charge is -2.65. The number of benzene rings is 2. The molecule has 0 radical (unpaired) electrons. The van der Waals surface area contributed by atoms with Crippen molar-refractivity contribution in [3.8, 4) is 17.6 Å². The topological polar surface area (TPSA) is 137 Å². The third kappa shape index (κ3) is 6.31. The summed E-state index contributed by atoms with van der Waals surface area (Å²) in [5.74, 6) is 3.97. The van der Waals surface area contributed by atoms with E-state index in [4.69, 9.17) is 22.9 Å². The predicted molar refractivity (Wildman–Crippen MR) is 218 cm³/mol. The summed E-state index contributed by atoms with van der Waals surface area (Å²) in [6.07, 6.45) is 2.98. The Hall–Kier alpha value is -5.83. The molecule has 1 atom stereocenters. The van der Waals surface area contributed by atoms with Crippen LogP contribution in [0.4, 0.5) is 15.8 Å². The second kappa shape index (κ2) is 14.4. The number of aromatic nitrogens is 1. The maximum absolute atomic E-state index is 16.1. The van der Waals surface area contributed by atoms with Crippen molar-refractivity contribution < 1.29 is 33.1 Å². The van der Waals surface area contributed by atoms with E-state index in [1.807, 2.05) is 33.8 Å². The summed E-state index contributed by atoms with van der Waals surface area (Å²) in [7, 11) is 0. The molecule has 15 heteroatoms. The van der Waals surface area contributed by atoms with Gasteiger partial charge in [0.1, 0.15) is 23.6 Å². The van der Waals surface area contributed by atoms with Crippen LogP contribution in [0.25, 0.3) is 4.85 Å². The zero-order valence-electron chi connectivity index (χ0n) is 33.7. The lowest BCUT2D eigenvalue weighted by Crippen LogP contribution is -2.74. The number of carbonyl (C=O) groups is 5. The summed E-state index contributed by atoms with van der Waals surface area (Å²) < 4.78 is 22.5. The van der Waals surface area contributed by atoms with Crippen molar-refractivity contribution in [2.24, 2.45) is 16.7 Å². The summed E-state index contributed by atoms with van der Waals surface area (Å²) in [5.41, 5.74) is 1.34. The molecule has 13 nitrogen and oxygen atoms in total. The van der Waals surface area contributed by atoms with Crippen molar-refractivity contribution in [2.75, 3.05) is 31.1 Å². The van der Waals surface area contributed by atoms with Crippen molar-refractivity contribution in [3.05, 3.63) is 92.8 Å². The third-order valence-electron chi connectivity index (χ3n) is 13.4. The molecule has 3 saturated heterocycles. The predicted octanol–water partition coefficient (Wildman–Crippen LogP) is 5.62. The molecule has 60 heavy (non-hydrogen) atoms. The van der Waals surface area contributed by atoms with Crippen LogP contribution in [-0.2, 0) is 16.1 Å². The first-order valence-corrected chi connectivity index (χ1v) is 20.6. The van der Waals surface area contributed by atoms with Crippen LogP contribution in [-0.4, -0.2) is 99.6 Å². The monoisotopic (exact) mass is 831 g/mol. The van der Waals surface area contributed by atoms with Gasteiger partial charge in [-0.05, 0) is 68.6 Å². The molecule has 4 fully saturated rings. The fourth-order valence-electron chi connectivity index (χ4n) is 10.7. The average molecular weight is 832 g/mol. The molecule has 0 bridgehead atoms. The average Bonchev–Trinajstić information content (AvgIpc) is 3.64. The number of hydrogen-bond acceptors (Lipinski definition) is 9. The number of pyridine rings is 1. The summed E-state index contributed by atoms with van der Waals surface area (Å²) in [4.78, 5) is 79.2. The number of amides is 5. The van der Waals surface area contributed by atoms with E-state index in [0.29, 0.717) is 28.1 Å². The number of nitrogens with zero attached hydrogens (tertiary/aromatic N) is 6. The first kappa shape index (κ1) is 39.6. The van der Waals surface area contributed by atoms with Crippen molar-refractivity contribution >= 4 is 52.5 Å². The maximum Gasteiger partial charge on any atom is 0.262 e. The highest BCUT2D eigenvalue weighted by atomic mass is 35.5. The number of hydrogen-bond donors (Lipinski definition) is 1. The second-order valence-electron chi connectivity index (χ2n) is 17.8. The van der Waals surface area contributed by atoms with E-state index in [1.54, 1.807) is 35.2 Å². The quantitative estimate of drug-likeness (QED) is 0.191. The molecular formula is C45H43ClFN7O6. The Morgan fingerprint density at radius 3 is 2.33 bits per heavy atom. The number of imide groups is 2. The molecule has 6 heterocycles. The van der Waals surface area contributed by atoms with Gasteiger partial charge >= 0.3 is 0 Å². The molecule has 5 aliphatic heterocycles. The standard InChI is InChI=1S/C45H43ClFN7O6/c1-44(2)42(45(3,4)43(44)60-27-8-11-33(48-5)32(46)19-27)53-23-31-30(39(53)57)20-49-34(37(31)47)10-6-24-14-16-51(17-15-24)26-21-52(22-26)25-7-9-28-29(18-25)41(59)54(40(28)58)35-12-13-36(55)50-38(35)56/h7-9,11,18-20,24,26,35,42-43H,12-17,21-23H2,1-4H3,(H,50,55,56). The molecule has 1 aliphatic carbocycles. The Kier molecular flexibility index (Phi) is 9.52. The van der Waals surface area contributed by atoms with Crippen molar-refractivity contribution in [1.29, 1.82) is 0 Å². The van der Waals surface area contributed by atoms with E-state index in [9.17, 15) is 24.0 Å². The number of carbonyl (C=O) groups excluding carboxylic acids is 5. The highest BCUT2D eigenvalue weighted by Crippen LogP contribution is 2.59. The van der Waals surface area contributed by atoms with Crippen LogP contribution in [0.2, 0.25) is 5.02 Å². The van der Waals surface area contributed by atoms with E-state index in [1.165, 1.54) is 6.20 Å². The van der Waals surface area contributed by atoms with Crippen LogP contribution in [0, 0.1) is 41.0 Å². The molecule has 6 aliphatic rings. The lowest BCUT2D eigenvalue weighted by molar-refractivity contribution is -0.199. The van der Waals surface area contributed by atoms with Gasteiger partial charge < -0.3 is 14.5 Å². The number of anilines is 1. The highest BCUT2D eigenvalue weighted by molar-refractivity contribution is 6.33. The largest absolute Gasteiger partial charge is 0.489 e. The maximum atomic E-state index is 16.1. The van der Waals surface area contributed by atoms with Crippen molar-refractivity contribution in [3.63, 3.8) is 0 Å². The van der Waals surface area contributed by atoms with Gasteiger partial charge in [0.25, 0.3) is 17.7 Å². The van der Waals surface area contributed by atoms with Gasteiger partial charge in [-0.1, -0.05) is 51.3 Å². The van der Waals surface area contributed by atoms with Crippen LogP contribution in [0.15, 0.2) is 42.6 Å². The van der Waals surface area contributed by atoms with Gasteiger partial charge in [0, 0.05) is 65.8 Å². The molecule has 1 saturated carbocycles. The molecular weight excluding hydrogens is 789 g/mol. The number of nitrogens with one attached hydrogen (secondary N) is 1. The van der Waals surface area contributed by atoms with Crippen molar-refractivity contribution in [1.82, 2.24) is 25.0 Å². The van der Waals surface area contributed by atoms with Gasteiger partial charge in [-0.2, -0.15) is 0 Å². The SMILES string of the molecule is [C-]#[N+]c1ccc(OC2C(C)(C)C(N3Cc4c(cnc(C#CC5CCN(C6CN(c7ccc8c(c7)C(=O)N(C7CCC(=O)NC7=O)C8=O)C6)CC5)c4F)C3=O)C2(C)C)cc1Cl. The van der Waals surface area contributed by atoms with Crippen LogP contribution >= 0.6 is 11.6 Å². The Labute approximate surface area is 352 Å². The third-order valence-corrected chi connectivity index (χ3v) is 13.7. The number of piperidine rings is 2. The highest BCUT2D eigenvalue weighted by Gasteiger charge is 2.67. The minimum absolute atomic E-state index is 0.0447. The van der Waals surface area contributed by atoms with Gasteiger partial charge in [-0.25, -0.2) is 14.2 Å². The molecule has 9 rings (SSSR count). The fraction of sp³-hybridized carbons (Fsp3) is 0.444. The Balaban J connectivity index is 0.792. The lowest BCUT2D eigenvalue weighted by atomic mass is 9.49. The molecule has 3 aromatic rings. The molecule has 5 amide bonds. The van der Waals surface area contributed by atoms with Crippen molar-refractivity contribution in [2.45, 2.75) is 84.2 Å². The minimum atomic E-state index is -1.00. The number of likely N-dealkylation sites (tertiary alicyclic amines) is 1. The minimum Gasteiger partial charge on any atom is -0.489 e. The number of ether oxygens (including phenoxy) is 1. The van der Waals surface area contributed by atoms with Gasteiger partial charge in [0.15, 0.2) is 5.82 Å². The van der Waals surface area contributed by atoms with Gasteiger partial charge in [-0.15, -0.1) is 0 Å². The zero-order valence-corrected chi connectivity index (χ0v) is 34.4. The molecule has 2 aromatic carbocycles. The van der Waals surface area contributed by atoms with E-state index < -0.39 is 46.3 Å². The smallest absolute Gasteiger partial charge is 0.262 e. The molecule has 0 spiro atoms. The Morgan fingerprint density at radius 2 is 1.65 bits per heavy atom. The van der Waals surface area contributed by atoms with E-state index in [0.717, 1.165) is 49.6 Å². The molecule has 1 aromatic heterocycles. The summed E-state index contributed by atoms with van der Waals surface area (Å²) >= 11 is 6.27. The molecule has 1 unspecified atom stereocenters. The van der Waals surface area contributed by atoms with Crippen LogP contribution in [0.1, 0.15) is 95.7 Å². The van der Waals surface area contributed by atoms with Gasteiger partial charge in [0.05, 0.1) is 34.8 Å². The first-order chi connectivity index (χ1) is 28.6. The first-order valence-electron chi connectivity index (χ1n) is 20.3. The van der Waals surface area contributed by atoms with E-state index >= 15 is 4.39 Å². The van der Waals surface area contributed by atoms with Gasteiger partial charge in [-0.3, -0.25) is 39.1 Å². The Bertz CT molecular complexity index is 2490. The normalized spacial score (nSPS) is 24.9. The summed E-state index contributed by atoms with van der Waals surface area (Å²) in [6.45, 7) is 18.7. The number of rotatable bonds is 6. The second-order valence-corrected chi connectivity index (χ2v) is 18.2. The van der Waals surface area contributed by atoms with Crippen LogP contribution in [0.3, 0.4) is 0 Å². The van der Waals surface area contributed by atoms with Crippen LogP contribution in [0.5, 0.6) is 5.75 Å². The van der Waals surface area contributed by atoms with E-state index in [2.05, 4.69) is 36.8 Å². The Morgan fingerprint density at radius 1 is 0.933 bits per heavy atom. The summed E-state index contributed by atoms with van der Waals surface area (Å²) in [5, 5.41) is 2.54.